The molecular formula is C15H18ClNO3. The predicted molar refractivity (Wildman–Crippen MR) is 76.6 cm³/mol. The van der Waals surface area contributed by atoms with Gasteiger partial charge in [0.15, 0.2) is 0 Å². The van der Waals surface area contributed by atoms with Crippen molar-refractivity contribution < 1.29 is 14.3 Å². The van der Waals surface area contributed by atoms with Gasteiger partial charge in [-0.3, -0.25) is 9.59 Å². The van der Waals surface area contributed by atoms with Gasteiger partial charge in [0.05, 0.1) is 18.9 Å². The van der Waals surface area contributed by atoms with E-state index in [9.17, 15) is 9.59 Å². The van der Waals surface area contributed by atoms with E-state index in [2.05, 4.69) is 0 Å². The van der Waals surface area contributed by atoms with E-state index in [0.29, 0.717) is 24.5 Å². The number of carbonyl (C=O) groups is 2. The van der Waals surface area contributed by atoms with Crippen molar-refractivity contribution in [1.29, 1.82) is 0 Å². The number of nitrogens with zero attached hydrogens (tertiary/aromatic N) is 1. The molecule has 2 rings (SSSR count). The molecule has 0 saturated carbocycles. The molecule has 1 amide bonds. The van der Waals surface area contributed by atoms with Crippen LogP contribution >= 0.6 is 11.6 Å². The molecule has 1 heterocycles. The molecule has 0 bridgehead atoms. The van der Waals surface area contributed by atoms with E-state index in [1.165, 1.54) is 7.11 Å². The van der Waals surface area contributed by atoms with E-state index in [4.69, 9.17) is 16.3 Å². The van der Waals surface area contributed by atoms with Crippen molar-refractivity contribution in [3.05, 3.63) is 34.9 Å². The maximum atomic E-state index is 12.4. The number of esters is 1. The third-order valence-electron chi connectivity index (χ3n) is 3.75. The van der Waals surface area contributed by atoms with Gasteiger partial charge in [0.2, 0.25) is 5.91 Å². The van der Waals surface area contributed by atoms with Crippen LogP contribution in [0.25, 0.3) is 0 Å². The molecule has 0 radical (unpaired) electrons. The highest BCUT2D eigenvalue weighted by molar-refractivity contribution is 6.30. The first kappa shape index (κ1) is 14.9. The molecule has 2 unspecified atom stereocenters. The average Bonchev–Trinajstić information content (AvgIpc) is 2.94. The summed E-state index contributed by atoms with van der Waals surface area (Å²) in [6.45, 7) is 2.90. The zero-order chi connectivity index (χ0) is 14.7. The van der Waals surface area contributed by atoms with Crippen molar-refractivity contribution in [3.63, 3.8) is 0 Å². The highest BCUT2D eigenvalue weighted by Gasteiger charge is 2.33. The highest BCUT2D eigenvalue weighted by Crippen LogP contribution is 2.25. The lowest BCUT2D eigenvalue weighted by Crippen LogP contribution is -2.33. The number of benzene rings is 1. The second-order valence-corrected chi connectivity index (χ2v) is 5.51. The Morgan fingerprint density at radius 1 is 1.45 bits per heavy atom. The van der Waals surface area contributed by atoms with E-state index in [-0.39, 0.29) is 23.7 Å². The molecule has 108 valence electrons. The smallest absolute Gasteiger partial charge is 0.310 e. The van der Waals surface area contributed by atoms with Crippen molar-refractivity contribution >= 4 is 23.5 Å². The van der Waals surface area contributed by atoms with Crippen LogP contribution in [0.5, 0.6) is 0 Å². The minimum absolute atomic E-state index is 0.0265. The summed E-state index contributed by atoms with van der Waals surface area (Å²) in [5.74, 6) is -0.671. The number of methoxy groups -OCH3 is 1. The number of halogens is 1. The van der Waals surface area contributed by atoms with Crippen LogP contribution in [0.2, 0.25) is 5.02 Å². The van der Waals surface area contributed by atoms with E-state index in [1.807, 2.05) is 19.1 Å². The average molecular weight is 296 g/mol. The van der Waals surface area contributed by atoms with Crippen LogP contribution in [0.3, 0.4) is 0 Å². The van der Waals surface area contributed by atoms with Gasteiger partial charge in [0.25, 0.3) is 0 Å². The van der Waals surface area contributed by atoms with Gasteiger partial charge in [0, 0.05) is 18.1 Å². The van der Waals surface area contributed by atoms with Crippen LogP contribution in [-0.4, -0.2) is 37.0 Å². The quantitative estimate of drug-likeness (QED) is 0.805. The molecule has 4 nitrogen and oxygen atoms in total. The van der Waals surface area contributed by atoms with Gasteiger partial charge in [-0.05, 0) is 31.0 Å². The Kier molecular flexibility index (Phi) is 4.65. The Labute approximate surface area is 123 Å². The fourth-order valence-corrected chi connectivity index (χ4v) is 2.71. The largest absolute Gasteiger partial charge is 0.469 e. The summed E-state index contributed by atoms with van der Waals surface area (Å²) >= 11 is 5.95. The maximum absolute atomic E-state index is 12.4. The number of rotatable bonds is 3. The lowest BCUT2D eigenvalue weighted by molar-refractivity contribution is -0.145. The number of likely N-dealkylation sites (tertiary alicyclic amines) is 1. The first-order chi connectivity index (χ1) is 9.52. The molecule has 0 N–H and O–H groups in total. The van der Waals surface area contributed by atoms with Crippen LogP contribution in [0, 0.1) is 5.92 Å². The number of hydrogen-bond donors (Lipinski definition) is 0. The molecule has 1 aromatic carbocycles. The summed E-state index contributed by atoms with van der Waals surface area (Å²) < 4.78 is 4.73. The Bertz CT molecular complexity index is 518. The molecule has 2 atom stereocenters. The number of hydrogen-bond acceptors (Lipinski definition) is 3. The minimum Gasteiger partial charge on any atom is -0.469 e. The summed E-state index contributed by atoms with van der Waals surface area (Å²) in [5.41, 5.74) is 0.893. The van der Waals surface area contributed by atoms with E-state index in [0.717, 1.165) is 5.56 Å². The lowest BCUT2D eigenvalue weighted by Gasteiger charge is -2.21. The molecular weight excluding hydrogens is 278 g/mol. The Morgan fingerprint density at radius 3 is 2.85 bits per heavy atom. The molecule has 5 heteroatoms. The number of carbonyl (C=O) groups excluding carboxylic acids is 2. The third-order valence-corrected chi connectivity index (χ3v) is 3.99. The molecule has 0 aromatic heterocycles. The van der Waals surface area contributed by atoms with Gasteiger partial charge in [-0.25, -0.2) is 0 Å². The van der Waals surface area contributed by atoms with Gasteiger partial charge in [-0.15, -0.1) is 0 Å². The molecule has 1 aliphatic rings. The van der Waals surface area contributed by atoms with E-state index < -0.39 is 0 Å². The van der Waals surface area contributed by atoms with Crippen molar-refractivity contribution in [3.8, 4) is 0 Å². The first-order valence-electron chi connectivity index (χ1n) is 6.65. The minimum atomic E-state index is -0.259. The topological polar surface area (TPSA) is 46.6 Å². The fraction of sp³-hybridized carbons (Fsp3) is 0.467. The standard InChI is InChI=1S/C15H18ClNO3/c1-10(11-4-3-5-13(16)8-11)14(18)17-7-6-12(9-17)15(19)20-2/h3-5,8,10,12H,6-7,9H2,1-2H3. The Balaban J connectivity index is 2.03. The summed E-state index contributed by atoms with van der Waals surface area (Å²) in [7, 11) is 1.38. The molecule has 1 fully saturated rings. The van der Waals surface area contributed by atoms with Crippen LogP contribution in [0.15, 0.2) is 24.3 Å². The van der Waals surface area contributed by atoms with E-state index >= 15 is 0 Å². The van der Waals surface area contributed by atoms with Gasteiger partial charge in [-0.1, -0.05) is 23.7 Å². The van der Waals surface area contributed by atoms with Crippen LogP contribution in [0.1, 0.15) is 24.8 Å². The molecule has 0 aliphatic carbocycles. The molecule has 1 aromatic rings. The van der Waals surface area contributed by atoms with Crippen molar-refractivity contribution in [1.82, 2.24) is 4.90 Å². The fourth-order valence-electron chi connectivity index (χ4n) is 2.51. The Morgan fingerprint density at radius 2 is 2.20 bits per heavy atom. The SMILES string of the molecule is COC(=O)C1CCN(C(=O)C(C)c2cccc(Cl)c2)C1. The zero-order valence-corrected chi connectivity index (χ0v) is 12.4. The summed E-state index contributed by atoms with van der Waals surface area (Å²) in [6, 6.07) is 7.31. The predicted octanol–water partition coefficient (Wildman–Crippen LogP) is 2.47. The summed E-state index contributed by atoms with van der Waals surface area (Å²) in [5, 5.41) is 0.621. The molecule has 0 spiro atoms. The van der Waals surface area contributed by atoms with E-state index in [1.54, 1.807) is 17.0 Å². The van der Waals surface area contributed by atoms with Gasteiger partial charge in [-0.2, -0.15) is 0 Å². The van der Waals surface area contributed by atoms with Crippen molar-refractivity contribution in [2.24, 2.45) is 5.92 Å². The van der Waals surface area contributed by atoms with Gasteiger partial charge in [0.1, 0.15) is 0 Å². The number of amides is 1. The van der Waals surface area contributed by atoms with Crippen LogP contribution in [0.4, 0.5) is 0 Å². The second kappa shape index (κ2) is 6.27. The van der Waals surface area contributed by atoms with Crippen molar-refractivity contribution in [2.45, 2.75) is 19.3 Å². The highest BCUT2D eigenvalue weighted by atomic mass is 35.5. The molecule has 1 aliphatic heterocycles. The normalized spacial score (nSPS) is 19.8. The number of ether oxygens (including phenoxy) is 1. The molecule has 1 saturated heterocycles. The van der Waals surface area contributed by atoms with Crippen LogP contribution in [-0.2, 0) is 14.3 Å². The van der Waals surface area contributed by atoms with Crippen molar-refractivity contribution in [2.75, 3.05) is 20.2 Å². The first-order valence-corrected chi connectivity index (χ1v) is 7.02. The summed E-state index contributed by atoms with van der Waals surface area (Å²) in [6.07, 6.45) is 0.667. The zero-order valence-electron chi connectivity index (χ0n) is 11.6. The second-order valence-electron chi connectivity index (χ2n) is 5.07. The monoisotopic (exact) mass is 295 g/mol. The van der Waals surface area contributed by atoms with Gasteiger partial charge >= 0.3 is 5.97 Å². The molecule has 20 heavy (non-hydrogen) atoms. The summed E-state index contributed by atoms with van der Waals surface area (Å²) in [4.78, 5) is 25.7. The third kappa shape index (κ3) is 3.12. The van der Waals surface area contributed by atoms with Gasteiger partial charge < -0.3 is 9.64 Å². The van der Waals surface area contributed by atoms with Crippen LogP contribution < -0.4 is 0 Å². The lowest BCUT2D eigenvalue weighted by atomic mass is 10.00. The Hall–Kier alpha value is -1.55. The maximum Gasteiger partial charge on any atom is 0.310 e.